The number of aryl methyl sites for hydroxylation is 1. The van der Waals surface area contributed by atoms with Crippen LogP contribution in [-0.4, -0.2) is 45.1 Å². The summed E-state index contributed by atoms with van der Waals surface area (Å²) in [6, 6.07) is 1.88. The Kier molecular flexibility index (Phi) is 3.94. The summed E-state index contributed by atoms with van der Waals surface area (Å²) in [7, 11) is 0. The van der Waals surface area contributed by atoms with E-state index >= 15 is 0 Å². The predicted molar refractivity (Wildman–Crippen MR) is 77.4 cm³/mol. The molecule has 0 aromatic carbocycles. The Bertz CT molecular complexity index is 514. The van der Waals surface area contributed by atoms with Gasteiger partial charge in [0.2, 0.25) is 11.8 Å². The van der Waals surface area contributed by atoms with Crippen molar-refractivity contribution < 1.29 is 9.59 Å². The Morgan fingerprint density at radius 2 is 2.24 bits per heavy atom. The molecule has 114 valence electrons. The van der Waals surface area contributed by atoms with Gasteiger partial charge in [-0.3, -0.25) is 14.3 Å². The van der Waals surface area contributed by atoms with Crippen molar-refractivity contribution in [3.05, 3.63) is 18.5 Å². The second-order valence-corrected chi connectivity index (χ2v) is 5.91. The number of piperidine rings is 1. The smallest absolute Gasteiger partial charge is 0.245 e. The number of rotatable bonds is 4. The molecule has 0 radical (unpaired) electrons. The second kappa shape index (κ2) is 5.87. The lowest BCUT2D eigenvalue weighted by Crippen LogP contribution is -2.60. The van der Waals surface area contributed by atoms with Gasteiger partial charge in [-0.25, -0.2) is 0 Å². The molecule has 6 heteroatoms. The average Bonchev–Trinajstić information content (AvgIpc) is 3.12. The van der Waals surface area contributed by atoms with Crippen molar-refractivity contribution in [2.24, 2.45) is 0 Å². The van der Waals surface area contributed by atoms with Gasteiger partial charge in [0.1, 0.15) is 5.54 Å². The number of likely N-dealkylation sites (tertiary alicyclic amines) is 1. The molecule has 1 unspecified atom stereocenters. The third-order valence-electron chi connectivity index (χ3n) is 4.60. The summed E-state index contributed by atoms with van der Waals surface area (Å²) in [6.07, 6.45) is 8.39. The van der Waals surface area contributed by atoms with E-state index in [2.05, 4.69) is 10.4 Å². The Balaban J connectivity index is 1.59. The van der Waals surface area contributed by atoms with E-state index in [1.807, 2.05) is 21.8 Å². The van der Waals surface area contributed by atoms with E-state index < -0.39 is 5.54 Å². The van der Waals surface area contributed by atoms with Crippen molar-refractivity contribution in [1.29, 1.82) is 0 Å². The summed E-state index contributed by atoms with van der Waals surface area (Å²) < 4.78 is 1.83. The molecule has 21 heavy (non-hydrogen) atoms. The maximum atomic E-state index is 12.5. The number of nitrogens with zero attached hydrogens (tertiary/aromatic N) is 3. The predicted octanol–water partition coefficient (Wildman–Crippen LogP) is 0.934. The number of hydrogen-bond acceptors (Lipinski definition) is 3. The van der Waals surface area contributed by atoms with E-state index in [4.69, 9.17) is 0 Å². The maximum Gasteiger partial charge on any atom is 0.245 e. The second-order valence-electron chi connectivity index (χ2n) is 5.91. The van der Waals surface area contributed by atoms with Gasteiger partial charge >= 0.3 is 0 Å². The Morgan fingerprint density at radius 3 is 3.00 bits per heavy atom. The fraction of sp³-hybridized carbons (Fsp3) is 0.667. The molecule has 1 N–H and O–H groups in total. The van der Waals surface area contributed by atoms with E-state index in [0.29, 0.717) is 13.0 Å². The largest absolute Gasteiger partial charge is 0.354 e. The van der Waals surface area contributed by atoms with E-state index in [1.54, 1.807) is 6.20 Å². The lowest BCUT2D eigenvalue weighted by Gasteiger charge is -2.40. The fourth-order valence-electron chi connectivity index (χ4n) is 3.56. The zero-order valence-electron chi connectivity index (χ0n) is 12.3. The lowest BCUT2D eigenvalue weighted by molar-refractivity contribution is -0.147. The number of hydrogen-bond donors (Lipinski definition) is 1. The summed E-state index contributed by atoms with van der Waals surface area (Å²) in [5.74, 6) is 0.156. The number of carbonyl (C=O) groups excluding carboxylic acids is 2. The van der Waals surface area contributed by atoms with Gasteiger partial charge in [0.15, 0.2) is 0 Å². The minimum absolute atomic E-state index is 0.0478. The van der Waals surface area contributed by atoms with E-state index in [-0.39, 0.29) is 11.8 Å². The first kappa shape index (κ1) is 14.1. The van der Waals surface area contributed by atoms with Gasteiger partial charge in [-0.05, 0) is 38.2 Å². The van der Waals surface area contributed by atoms with Crippen LogP contribution in [0.1, 0.15) is 38.5 Å². The first-order valence-electron chi connectivity index (χ1n) is 7.79. The number of aromatic nitrogens is 2. The molecule has 2 aliphatic heterocycles. The molecule has 2 saturated heterocycles. The third-order valence-corrected chi connectivity index (χ3v) is 4.60. The van der Waals surface area contributed by atoms with Gasteiger partial charge in [0.25, 0.3) is 0 Å². The van der Waals surface area contributed by atoms with Crippen molar-refractivity contribution in [2.75, 3.05) is 13.1 Å². The highest BCUT2D eigenvalue weighted by molar-refractivity contribution is 5.92. The molecule has 1 atom stereocenters. The van der Waals surface area contributed by atoms with Crippen molar-refractivity contribution in [2.45, 2.75) is 50.6 Å². The van der Waals surface area contributed by atoms with Crippen LogP contribution in [0.3, 0.4) is 0 Å². The van der Waals surface area contributed by atoms with Crippen LogP contribution in [0, 0.1) is 0 Å². The zero-order chi connectivity index (χ0) is 14.7. The quantitative estimate of drug-likeness (QED) is 0.897. The standard InChI is InChI=1S/C15H22N4O2/c20-13(5-1-10-18-11-4-9-17-18)19-12-3-7-15(19)6-2-8-16-14(15)21/h4,9,11H,1-3,5-8,10,12H2,(H,16,21). The molecule has 2 fully saturated rings. The molecule has 0 saturated carbocycles. The summed E-state index contributed by atoms with van der Waals surface area (Å²) in [6.45, 7) is 2.20. The van der Waals surface area contributed by atoms with Crippen molar-refractivity contribution in [1.82, 2.24) is 20.0 Å². The highest BCUT2D eigenvalue weighted by Gasteiger charge is 2.49. The molecular formula is C15H22N4O2. The van der Waals surface area contributed by atoms with Crippen LogP contribution in [-0.2, 0) is 16.1 Å². The van der Waals surface area contributed by atoms with Gasteiger partial charge in [-0.2, -0.15) is 5.10 Å². The van der Waals surface area contributed by atoms with Crippen molar-refractivity contribution in [3.8, 4) is 0 Å². The molecular weight excluding hydrogens is 268 g/mol. The molecule has 3 heterocycles. The van der Waals surface area contributed by atoms with Crippen LogP contribution in [0.5, 0.6) is 0 Å². The van der Waals surface area contributed by atoms with Crippen LogP contribution in [0.25, 0.3) is 0 Å². The van der Waals surface area contributed by atoms with Crippen LogP contribution in [0.4, 0.5) is 0 Å². The average molecular weight is 290 g/mol. The number of carbonyl (C=O) groups is 2. The summed E-state index contributed by atoms with van der Waals surface area (Å²) in [5, 5.41) is 7.06. The summed E-state index contributed by atoms with van der Waals surface area (Å²) >= 11 is 0. The van der Waals surface area contributed by atoms with Gasteiger partial charge in [-0.15, -0.1) is 0 Å². The van der Waals surface area contributed by atoms with Gasteiger partial charge < -0.3 is 10.2 Å². The topological polar surface area (TPSA) is 67.2 Å². The van der Waals surface area contributed by atoms with E-state index in [0.717, 1.165) is 45.2 Å². The Hall–Kier alpha value is -1.85. The molecule has 0 aliphatic carbocycles. The van der Waals surface area contributed by atoms with Gasteiger partial charge in [0, 0.05) is 38.4 Å². The van der Waals surface area contributed by atoms with E-state index in [1.165, 1.54) is 0 Å². The summed E-state index contributed by atoms with van der Waals surface area (Å²) in [5.41, 5.74) is -0.555. The zero-order valence-corrected chi connectivity index (χ0v) is 12.3. The van der Waals surface area contributed by atoms with Crippen LogP contribution in [0.2, 0.25) is 0 Å². The lowest BCUT2D eigenvalue weighted by atomic mass is 9.86. The third kappa shape index (κ3) is 2.66. The minimum Gasteiger partial charge on any atom is -0.354 e. The number of nitrogens with one attached hydrogen (secondary N) is 1. The first-order chi connectivity index (χ1) is 10.2. The Labute approximate surface area is 124 Å². The van der Waals surface area contributed by atoms with Crippen molar-refractivity contribution >= 4 is 11.8 Å². The number of amides is 2. The molecule has 3 rings (SSSR count). The molecule has 1 aromatic heterocycles. The van der Waals surface area contributed by atoms with Gasteiger partial charge in [-0.1, -0.05) is 0 Å². The highest BCUT2D eigenvalue weighted by Crippen LogP contribution is 2.36. The molecule has 1 aromatic rings. The van der Waals surface area contributed by atoms with Crippen LogP contribution in [0.15, 0.2) is 18.5 Å². The minimum atomic E-state index is -0.555. The van der Waals surface area contributed by atoms with Crippen LogP contribution < -0.4 is 5.32 Å². The highest BCUT2D eigenvalue weighted by atomic mass is 16.2. The summed E-state index contributed by atoms with van der Waals surface area (Å²) in [4.78, 5) is 26.6. The monoisotopic (exact) mass is 290 g/mol. The van der Waals surface area contributed by atoms with Crippen LogP contribution >= 0.6 is 0 Å². The first-order valence-corrected chi connectivity index (χ1v) is 7.79. The molecule has 0 bridgehead atoms. The van der Waals surface area contributed by atoms with Gasteiger partial charge in [0.05, 0.1) is 0 Å². The molecule has 2 aliphatic rings. The normalized spacial score (nSPS) is 25.3. The van der Waals surface area contributed by atoms with Crippen molar-refractivity contribution in [3.63, 3.8) is 0 Å². The Morgan fingerprint density at radius 1 is 1.38 bits per heavy atom. The molecule has 6 nitrogen and oxygen atoms in total. The maximum absolute atomic E-state index is 12.5. The molecule has 1 spiro atoms. The molecule has 2 amide bonds. The SMILES string of the molecule is O=C(CCCn1cccn1)N1CCCC12CCCNC2=O. The fourth-order valence-corrected chi connectivity index (χ4v) is 3.56. The van der Waals surface area contributed by atoms with E-state index in [9.17, 15) is 9.59 Å².